The van der Waals surface area contributed by atoms with Crippen molar-refractivity contribution < 1.29 is 17.9 Å². The van der Waals surface area contributed by atoms with Gasteiger partial charge in [0.15, 0.2) is 0 Å². The number of sulfonamides is 1. The van der Waals surface area contributed by atoms with Crippen molar-refractivity contribution in [2.75, 3.05) is 37.4 Å². The molecule has 0 unspecified atom stereocenters. The van der Waals surface area contributed by atoms with Crippen molar-refractivity contribution in [3.05, 3.63) is 17.1 Å². The number of aromatic nitrogens is 2. The molecule has 1 fully saturated rings. The van der Waals surface area contributed by atoms with E-state index in [1.165, 1.54) is 10.6 Å². The predicted octanol–water partition coefficient (Wildman–Crippen LogP) is 0.882. The number of hydrogen-bond acceptors (Lipinski definition) is 7. The Bertz CT molecular complexity index is 788. The zero-order valence-corrected chi connectivity index (χ0v) is 16.4. The summed E-state index contributed by atoms with van der Waals surface area (Å²) in [7, 11) is -3.25. The second-order valence-corrected chi connectivity index (χ2v) is 8.86. The molecule has 144 valence electrons. The van der Waals surface area contributed by atoms with Crippen molar-refractivity contribution in [1.82, 2.24) is 14.3 Å². The average molecular weight is 382 g/mol. The smallest absolute Gasteiger partial charge is 0.309 e. The monoisotopic (exact) mass is 382 g/mol. The summed E-state index contributed by atoms with van der Waals surface area (Å²) < 4.78 is 30.5. The summed E-state index contributed by atoms with van der Waals surface area (Å²) in [6.07, 6.45) is 3.26. The maximum Gasteiger partial charge on any atom is 0.309 e. The molecule has 0 aliphatic carbocycles. The van der Waals surface area contributed by atoms with E-state index < -0.39 is 10.0 Å². The molecule has 2 aliphatic rings. The van der Waals surface area contributed by atoms with E-state index in [0.717, 1.165) is 17.1 Å². The van der Waals surface area contributed by atoms with Gasteiger partial charge in [-0.15, -0.1) is 0 Å². The van der Waals surface area contributed by atoms with Crippen LogP contribution in [0, 0.1) is 12.8 Å². The molecule has 2 aliphatic heterocycles. The predicted molar refractivity (Wildman–Crippen MR) is 97.3 cm³/mol. The lowest BCUT2D eigenvalue weighted by molar-refractivity contribution is -0.148. The standard InChI is InChI=1S/C17H26N4O4S/c1-4-25-17(22)13-5-8-20(9-6-13)16-14-11-21(26(3,23)24)10-7-15(14)18-12(2)19-16/h13H,4-11H2,1-3H3. The normalized spacial score (nSPS) is 19.3. The van der Waals surface area contributed by atoms with E-state index in [9.17, 15) is 13.2 Å². The van der Waals surface area contributed by atoms with E-state index in [4.69, 9.17) is 4.74 Å². The number of aryl methyl sites for hydroxylation is 1. The first kappa shape index (κ1) is 19.0. The van der Waals surface area contributed by atoms with Gasteiger partial charge in [0.1, 0.15) is 11.6 Å². The van der Waals surface area contributed by atoms with E-state index in [0.29, 0.717) is 57.9 Å². The van der Waals surface area contributed by atoms with Gasteiger partial charge in [-0.05, 0) is 26.7 Å². The fourth-order valence-corrected chi connectivity index (χ4v) is 4.41. The number of piperidine rings is 1. The van der Waals surface area contributed by atoms with Crippen LogP contribution in [0.25, 0.3) is 0 Å². The van der Waals surface area contributed by atoms with E-state index in [1.807, 2.05) is 13.8 Å². The SMILES string of the molecule is CCOC(=O)C1CCN(c2nc(C)nc3c2CN(S(C)(=O)=O)CC3)CC1. The summed E-state index contributed by atoms with van der Waals surface area (Å²) in [5.74, 6) is 1.30. The number of carbonyl (C=O) groups excluding carboxylic acids is 1. The lowest BCUT2D eigenvalue weighted by Gasteiger charge is -2.35. The molecule has 8 nitrogen and oxygen atoms in total. The molecule has 0 saturated carbocycles. The van der Waals surface area contributed by atoms with Crippen LogP contribution in [0.3, 0.4) is 0 Å². The van der Waals surface area contributed by atoms with Gasteiger partial charge < -0.3 is 9.64 Å². The quantitative estimate of drug-likeness (QED) is 0.714. The van der Waals surface area contributed by atoms with E-state index in [2.05, 4.69) is 14.9 Å². The van der Waals surface area contributed by atoms with Crippen LogP contribution in [0.4, 0.5) is 5.82 Å². The minimum absolute atomic E-state index is 0.0718. The summed E-state index contributed by atoms with van der Waals surface area (Å²) in [5, 5.41) is 0. The highest BCUT2D eigenvalue weighted by Crippen LogP contribution is 2.30. The second kappa shape index (κ2) is 7.48. The first-order valence-electron chi connectivity index (χ1n) is 9.02. The van der Waals surface area contributed by atoms with E-state index in [1.54, 1.807) is 0 Å². The van der Waals surface area contributed by atoms with Crippen LogP contribution in [0.5, 0.6) is 0 Å². The molecular formula is C17H26N4O4S. The Morgan fingerprint density at radius 3 is 2.54 bits per heavy atom. The molecule has 0 N–H and O–H groups in total. The number of anilines is 1. The average Bonchev–Trinajstić information content (AvgIpc) is 2.60. The summed E-state index contributed by atoms with van der Waals surface area (Å²) in [4.78, 5) is 23.2. The minimum atomic E-state index is -3.25. The molecular weight excluding hydrogens is 356 g/mol. The van der Waals surface area contributed by atoms with Crippen molar-refractivity contribution in [1.29, 1.82) is 0 Å². The molecule has 0 aromatic carbocycles. The Morgan fingerprint density at radius 2 is 1.92 bits per heavy atom. The maximum absolute atomic E-state index is 12.0. The lowest BCUT2D eigenvalue weighted by Crippen LogP contribution is -2.41. The third-order valence-corrected chi connectivity index (χ3v) is 6.25. The van der Waals surface area contributed by atoms with E-state index in [-0.39, 0.29) is 11.9 Å². The molecule has 0 radical (unpaired) electrons. The lowest BCUT2D eigenvalue weighted by atomic mass is 9.96. The Balaban J connectivity index is 1.81. The van der Waals surface area contributed by atoms with Gasteiger partial charge in [-0.3, -0.25) is 4.79 Å². The van der Waals surface area contributed by atoms with Crippen LogP contribution < -0.4 is 4.90 Å². The summed E-state index contributed by atoms with van der Waals surface area (Å²) in [6, 6.07) is 0. The van der Waals surface area contributed by atoms with Crippen molar-refractivity contribution >= 4 is 21.8 Å². The first-order chi connectivity index (χ1) is 12.3. The van der Waals surface area contributed by atoms with Gasteiger partial charge in [0.25, 0.3) is 0 Å². The maximum atomic E-state index is 12.0. The van der Waals surface area contributed by atoms with Gasteiger partial charge in [0, 0.05) is 38.2 Å². The third kappa shape index (κ3) is 3.98. The number of ether oxygens (including phenoxy) is 1. The highest BCUT2D eigenvalue weighted by molar-refractivity contribution is 7.88. The van der Waals surface area contributed by atoms with Crippen LogP contribution in [0.1, 0.15) is 36.8 Å². The Morgan fingerprint density at radius 1 is 1.23 bits per heavy atom. The Labute approximate surface area is 154 Å². The van der Waals surface area contributed by atoms with Gasteiger partial charge in [-0.25, -0.2) is 18.4 Å². The second-order valence-electron chi connectivity index (χ2n) is 6.88. The number of nitrogens with zero attached hydrogens (tertiary/aromatic N) is 4. The fraction of sp³-hybridized carbons (Fsp3) is 0.706. The number of esters is 1. The molecule has 0 amide bonds. The van der Waals surface area contributed by atoms with Gasteiger partial charge in [-0.1, -0.05) is 0 Å². The van der Waals surface area contributed by atoms with Gasteiger partial charge in [0.2, 0.25) is 10.0 Å². The molecule has 1 aromatic rings. The Hall–Kier alpha value is -1.74. The van der Waals surface area contributed by atoms with Crippen molar-refractivity contribution in [3.8, 4) is 0 Å². The molecule has 1 saturated heterocycles. The van der Waals surface area contributed by atoms with Crippen LogP contribution in [-0.4, -0.2) is 61.2 Å². The van der Waals surface area contributed by atoms with Crippen molar-refractivity contribution in [2.45, 2.75) is 39.7 Å². The van der Waals surface area contributed by atoms with Gasteiger partial charge in [0.05, 0.1) is 24.5 Å². The summed E-state index contributed by atoms with van der Waals surface area (Å²) in [6.45, 7) is 6.23. The van der Waals surface area contributed by atoms with Crippen LogP contribution in [0.2, 0.25) is 0 Å². The van der Waals surface area contributed by atoms with Gasteiger partial charge in [-0.2, -0.15) is 4.31 Å². The minimum Gasteiger partial charge on any atom is -0.466 e. The molecule has 3 heterocycles. The zero-order valence-electron chi connectivity index (χ0n) is 15.6. The van der Waals surface area contributed by atoms with Crippen LogP contribution in [0.15, 0.2) is 0 Å². The first-order valence-corrected chi connectivity index (χ1v) is 10.9. The molecule has 0 atom stereocenters. The van der Waals surface area contributed by atoms with E-state index >= 15 is 0 Å². The molecule has 9 heteroatoms. The summed E-state index contributed by atoms with van der Waals surface area (Å²) >= 11 is 0. The zero-order chi connectivity index (χ0) is 18.9. The van der Waals surface area contributed by atoms with Crippen LogP contribution >= 0.6 is 0 Å². The third-order valence-electron chi connectivity index (χ3n) is 5.00. The fourth-order valence-electron chi connectivity index (χ4n) is 3.62. The number of carbonyl (C=O) groups is 1. The molecule has 0 spiro atoms. The highest BCUT2D eigenvalue weighted by atomic mass is 32.2. The number of rotatable bonds is 4. The Kier molecular flexibility index (Phi) is 5.47. The molecule has 26 heavy (non-hydrogen) atoms. The molecule has 3 rings (SSSR count). The van der Waals surface area contributed by atoms with Crippen molar-refractivity contribution in [2.24, 2.45) is 5.92 Å². The molecule has 1 aromatic heterocycles. The number of hydrogen-bond donors (Lipinski definition) is 0. The highest BCUT2D eigenvalue weighted by Gasteiger charge is 2.31. The summed E-state index contributed by atoms with van der Waals surface area (Å²) in [5.41, 5.74) is 1.82. The number of fused-ring (bicyclic) bond motifs is 1. The van der Waals surface area contributed by atoms with Gasteiger partial charge >= 0.3 is 5.97 Å². The van der Waals surface area contributed by atoms with Crippen LogP contribution in [-0.2, 0) is 32.5 Å². The van der Waals surface area contributed by atoms with Crippen molar-refractivity contribution in [3.63, 3.8) is 0 Å². The topological polar surface area (TPSA) is 92.7 Å². The molecule has 0 bridgehead atoms. The largest absolute Gasteiger partial charge is 0.466 e.